The van der Waals surface area contributed by atoms with Crippen LogP contribution in [0.5, 0.6) is 0 Å². The number of allylic oxidation sites excluding steroid dienone is 2. The molecule has 1 N–H and O–H groups in total. The van der Waals surface area contributed by atoms with E-state index in [0.29, 0.717) is 6.79 Å². The summed E-state index contributed by atoms with van der Waals surface area (Å²) < 4.78 is 10.4. The summed E-state index contributed by atoms with van der Waals surface area (Å²) in [5, 5.41) is 2.99. The molecule has 1 rings (SSSR count). The zero-order valence-electron chi connectivity index (χ0n) is 7.17. The molecule has 0 aromatic rings. The van der Waals surface area contributed by atoms with Gasteiger partial charge in [0.1, 0.15) is 0 Å². The molecule has 0 atom stereocenters. The molecule has 1 aliphatic heterocycles. The van der Waals surface area contributed by atoms with Crippen LogP contribution in [-0.4, -0.2) is 20.4 Å². The minimum atomic E-state index is 0.301. The van der Waals surface area contributed by atoms with Gasteiger partial charge in [-0.2, -0.15) is 0 Å². The maximum absolute atomic E-state index is 5.20. The first-order valence-electron chi connectivity index (χ1n) is 3.82. The monoisotopic (exact) mass is 167 g/mol. The molecule has 1 aliphatic rings. The van der Waals surface area contributed by atoms with Crippen molar-refractivity contribution in [3.8, 4) is 0 Å². The van der Waals surface area contributed by atoms with Crippen molar-refractivity contribution in [1.29, 1.82) is 0 Å². The molecule has 0 bridgehead atoms. The second-order valence-corrected chi connectivity index (χ2v) is 2.30. The van der Waals surface area contributed by atoms with Crippen LogP contribution < -0.4 is 5.32 Å². The van der Waals surface area contributed by atoms with Crippen LogP contribution in [0.25, 0.3) is 0 Å². The van der Waals surface area contributed by atoms with Crippen LogP contribution in [0.2, 0.25) is 0 Å². The van der Waals surface area contributed by atoms with Crippen LogP contribution in [0.4, 0.5) is 0 Å². The number of hydrogen-bond donors (Lipinski definition) is 1. The lowest BCUT2D eigenvalue weighted by molar-refractivity contribution is 0.0975. The first-order valence-corrected chi connectivity index (χ1v) is 3.82. The molecule has 0 aromatic heterocycles. The number of likely N-dealkylation sites (N-methyl/N-ethyl adjacent to an activating group) is 1. The Hall–Kier alpha value is -1.22. The van der Waals surface area contributed by atoms with Gasteiger partial charge < -0.3 is 14.8 Å². The quantitative estimate of drug-likeness (QED) is 0.684. The third-order valence-electron chi connectivity index (χ3n) is 1.43. The van der Waals surface area contributed by atoms with Gasteiger partial charge in [0.15, 0.2) is 11.5 Å². The van der Waals surface area contributed by atoms with Crippen LogP contribution in [0.15, 0.2) is 36.3 Å². The van der Waals surface area contributed by atoms with Gasteiger partial charge in [-0.25, -0.2) is 0 Å². The Balaban J connectivity index is 2.63. The van der Waals surface area contributed by atoms with E-state index in [1.54, 1.807) is 12.2 Å². The predicted octanol–water partition coefficient (Wildman–Crippen LogP) is 1.16. The molecule has 0 saturated carbocycles. The first kappa shape index (κ1) is 8.87. The Kier molecular flexibility index (Phi) is 3.41. The molecule has 0 aliphatic carbocycles. The zero-order valence-corrected chi connectivity index (χ0v) is 7.17. The molecule has 0 amide bonds. The average molecular weight is 167 g/mol. The summed E-state index contributed by atoms with van der Waals surface area (Å²) in [5.41, 5.74) is 0. The van der Waals surface area contributed by atoms with Gasteiger partial charge in [-0.3, -0.25) is 0 Å². The zero-order chi connectivity index (χ0) is 8.81. The van der Waals surface area contributed by atoms with Crippen molar-refractivity contribution in [3.05, 3.63) is 36.3 Å². The summed E-state index contributed by atoms with van der Waals surface area (Å²) in [6, 6.07) is 0. The molecule has 1 heterocycles. The largest absolute Gasteiger partial charge is 0.454 e. The number of rotatable bonds is 3. The molecule has 0 radical (unpaired) electrons. The molecule has 0 aromatic carbocycles. The lowest BCUT2D eigenvalue weighted by Crippen LogP contribution is -2.05. The van der Waals surface area contributed by atoms with E-state index in [4.69, 9.17) is 9.47 Å². The maximum atomic E-state index is 5.20. The third kappa shape index (κ3) is 2.13. The minimum absolute atomic E-state index is 0.301. The smallest absolute Gasteiger partial charge is 0.231 e. The van der Waals surface area contributed by atoms with Crippen molar-refractivity contribution < 1.29 is 9.47 Å². The molecule has 1 fully saturated rings. The Labute approximate surface area is 72.4 Å². The van der Waals surface area contributed by atoms with E-state index in [0.717, 1.165) is 18.1 Å². The van der Waals surface area contributed by atoms with Crippen LogP contribution in [0.3, 0.4) is 0 Å². The lowest BCUT2D eigenvalue weighted by atomic mass is 10.3. The predicted molar refractivity (Wildman–Crippen MR) is 47.3 cm³/mol. The van der Waals surface area contributed by atoms with Crippen LogP contribution in [0.1, 0.15) is 0 Å². The lowest BCUT2D eigenvalue weighted by Gasteiger charge is -1.95. The number of hydrogen-bond acceptors (Lipinski definition) is 3. The second kappa shape index (κ2) is 4.62. The van der Waals surface area contributed by atoms with E-state index in [1.807, 2.05) is 13.1 Å². The average Bonchev–Trinajstić information content (AvgIpc) is 2.50. The molecule has 12 heavy (non-hydrogen) atoms. The highest BCUT2D eigenvalue weighted by Gasteiger charge is 2.14. The topological polar surface area (TPSA) is 30.5 Å². The number of nitrogens with one attached hydrogen (secondary N) is 1. The Morgan fingerprint density at radius 3 is 2.92 bits per heavy atom. The Morgan fingerprint density at radius 1 is 1.50 bits per heavy atom. The molecular weight excluding hydrogens is 154 g/mol. The van der Waals surface area contributed by atoms with Crippen molar-refractivity contribution in [2.24, 2.45) is 0 Å². The first-order chi connectivity index (χ1) is 5.88. The summed E-state index contributed by atoms with van der Waals surface area (Å²) >= 11 is 0. The highest BCUT2D eigenvalue weighted by molar-refractivity contribution is 5.25. The van der Waals surface area contributed by atoms with Crippen molar-refractivity contribution in [3.63, 3.8) is 0 Å². The fraction of sp³-hybridized carbons (Fsp3) is 0.333. The summed E-state index contributed by atoms with van der Waals surface area (Å²) in [7, 11) is 1.88. The standard InChI is InChI=1S/C9H13NO2/c1-3-4-8-9(5-6-10-2)12-7-11-8/h3-5,10H,1,6-7H2,2H3/b8-4+,9-5+. The Bertz CT molecular complexity index is 219. The van der Waals surface area contributed by atoms with Crippen molar-refractivity contribution in [1.82, 2.24) is 5.32 Å². The maximum Gasteiger partial charge on any atom is 0.231 e. The summed E-state index contributed by atoms with van der Waals surface area (Å²) in [5.74, 6) is 1.53. The third-order valence-corrected chi connectivity index (χ3v) is 1.43. The van der Waals surface area contributed by atoms with E-state index in [9.17, 15) is 0 Å². The highest BCUT2D eigenvalue weighted by Crippen LogP contribution is 2.20. The molecule has 1 saturated heterocycles. The van der Waals surface area contributed by atoms with E-state index < -0.39 is 0 Å². The van der Waals surface area contributed by atoms with Gasteiger partial charge >= 0.3 is 0 Å². The minimum Gasteiger partial charge on any atom is -0.454 e. The van der Waals surface area contributed by atoms with Gasteiger partial charge in [0.25, 0.3) is 0 Å². The van der Waals surface area contributed by atoms with E-state index >= 15 is 0 Å². The van der Waals surface area contributed by atoms with Crippen LogP contribution in [-0.2, 0) is 9.47 Å². The van der Waals surface area contributed by atoms with Gasteiger partial charge in [0.2, 0.25) is 6.79 Å². The normalized spacial score (nSPS) is 22.4. The summed E-state index contributed by atoms with van der Waals surface area (Å²) in [6.45, 7) is 4.66. The van der Waals surface area contributed by atoms with Crippen LogP contribution in [0, 0.1) is 0 Å². The fourth-order valence-electron chi connectivity index (χ4n) is 0.890. The summed E-state index contributed by atoms with van der Waals surface area (Å²) in [4.78, 5) is 0. The van der Waals surface area contributed by atoms with Gasteiger partial charge in [-0.15, -0.1) is 0 Å². The molecule has 0 unspecified atom stereocenters. The number of ether oxygens (including phenoxy) is 2. The van der Waals surface area contributed by atoms with Gasteiger partial charge in [0.05, 0.1) is 0 Å². The molecule has 0 spiro atoms. The van der Waals surface area contributed by atoms with Crippen molar-refractivity contribution in [2.75, 3.05) is 20.4 Å². The molecule has 66 valence electrons. The summed E-state index contributed by atoms with van der Waals surface area (Å²) in [6.07, 6.45) is 5.40. The van der Waals surface area contributed by atoms with Gasteiger partial charge in [-0.1, -0.05) is 12.7 Å². The van der Waals surface area contributed by atoms with E-state index in [-0.39, 0.29) is 0 Å². The van der Waals surface area contributed by atoms with Crippen LogP contribution >= 0.6 is 0 Å². The van der Waals surface area contributed by atoms with E-state index in [1.165, 1.54) is 0 Å². The second-order valence-electron chi connectivity index (χ2n) is 2.30. The van der Waals surface area contributed by atoms with E-state index in [2.05, 4.69) is 11.9 Å². The van der Waals surface area contributed by atoms with Crippen molar-refractivity contribution >= 4 is 0 Å². The fourth-order valence-corrected chi connectivity index (χ4v) is 0.890. The highest BCUT2D eigenvalue weighted by atomic mass is 16.7. The van der Waals surface area contributed by atoms with Crippen molar-refractivity contribution in [2.45, 2.75) is 0 Å². The SMILES string of the molecule is C=C/C=C1/OCO/C1=C/CNC. The Morgan fingerprint density at radius 2 is 2.25 bits per heavy atom. The van der Waals surface area contributed by atoms with Gasteiger partial charge in [0, 0.05) is 6.54 Å². The molecule has 3 heteroatoms. The molecule has 3 nitrogen and oxygen atoms in total. The molecular formula is C9H13NO2. The van der Waals surface area contributed by atoms with Gasteiger partial charge in [-0.05, 0) is 19.2 Å².